The van der Waals surface area contributed by atoms with Gasteiger partial charge in [0.15, 0.2) is 5.82 Å². The molecule has 5 heteroatoms. The van der Waals surface area contributed by atoms with E-state index in [0.29, 0.717) is 18.1 Å². The number of methoxy groups -OCH3 is 1. The molecule has 0 bridgehead atoms. The lowest BCUT2D eigenvalue weighted by molar-refractivity contribution is 0.141. The summed E-state index contributed by atoms with van der Waals surface area (Å²) in [6.45, 7) is 3.72. The van der Waals surface area contributed by atoms with Crippen molar-refractivity contribution in [1.29, 1.82) is 0 Å². The minimum absolute atomic E-state index is 0.117. The Bertz CT molecular complexity index is 552. The molecule has 0 aliphatic rings. The fourth-order valence-corrected chi connectivity index (χ4v) is 2.23. The molecule has 1 N–H and O–H groups in total. The summed E-state index contributed by atoms with van der Waals surface area (Å²) in [7, 11) is 1.64. The Morgan fingerprint density at radius 1 is 1.35 bits per heavy atom. The molecule has 0 saturated heterocycles. The van der Waals surface area contributed by atoms with Crippen molar-refractivity contribution >= 4 is 0 Å². The zero-order chi connectivity index (χ0) is 14.5. The number of para-hydroxylation sites is 1. The minimum Gasteiger partial charge on any atom is -0.496 e. The molecular formula is C15H20N2O3. The molecule has 5 nitrogen and oxygen atoms in total. The molecule has 2 unspecified atom stereocenters. The molecular weight excluding hydrogens is 256 g/mol. The second-order valence-electron chi connectivity index (χ2n) is 4.79. The van der Waals surface area contributed by atoms with Gasteiger partial charge >= 0.3 is 0 Å². The number of benzene rings is 1. The van der Waals surface area contributed by atoms with E-state index >= 15 is 0 Å². The van der Waals surface area contributed by atoms with Gasteiger partial charge in [-0.25, -0.2) is 0 Å². The third-order valence-corrected chi connectivity index (χ3v) is 3.36. The van der Waals surface area contributed by atoms with E-state index in [1.807, 2.05) is 31.2 Å². The van der Waals surface area contributed by atoms with Crippen molar-refractivity contribution in [1.82, 2.24) is 10.1 Å². The third kappa shape index (κ3) is 3.17. The normalized spacial score (nSPS) is 14.0. The van der Waals surface area contributed by atoms with Crippen molar-refractivity contribution in [2.45, 2.75) is 38.7 Å². The van der Waals surface area contributed by atoms with E-state index in [9.17, 15) is 5.11 Å². The maximum atomic E-state index is 9.70. The molecule has 0 fully saturated rings. The van der Waals surface area contributed by atoms with E-state index in [4.69, 9.17) is 9.26 Å². The molecule has 0 amide bonds. The fourth-order valence-electron chi connectivity index (χ4n) is 2.23. The van der Waals surface area contributed by atoms with Crippen molar-refractivity contribution < 1.29 is 14.4 Å². The Morgan fingerprint density at radius 3 is 2.75 bits per heavy atom. The van der Waals surface area contributed by atoms with Crippen LogP contribution < -0.4 is 4.74 Å². The molecule has 0 aliphatic heterocycles. The lowest BCUT2D eigenvalue weighted by atomic mass is 10.0. The number of ether oxygens (including phenoxy) is 1. The molecule has 20 heavy (non-hydrogen) atoms. The summed E-state index contributed by atoms with van der Waals surface area (Å²) in [5.74, 6) is 1.78. The smallest absolute Gasteiger partial charge is 0.232 e. The summed E-state index contributed by atoms with van der Waals surface area (Å²) in [5.41, 5.74) is 1.01. The molecule has 0 radical (unpaired) electrons. The average Bonchev–Trinajstić information content (AvgIpc) is 2.88. The molecule has 1 aromatic heterocycles. The van der Waals surface area contributed by atoms with Gasteiger partial charge in [0.25, 0.3) is 0 Å². The number of hydrogen-bond donors (Lipinski definition) is 1. The van der Waals surface area contributed by atoms with Gasteiger partial charge < -0.3 is 14.4 Å². The Hall–Kier alpha value is -1.88. The topological polar surface area (TPSA) is 68.4 Å². The predicted octanol–water partition coefficient (Wildman–Crippen LogP) is 2.54. The second-order valence-corrected chi connectivity index (χ2v) is 4.79. The van der Waals surface area contributed by atoms with Crippen molar-refractivity contribution in [2.75, 3.05) is 7.11 Å². The molecule has 1 aromatic carbocycles. The van der Waals surface area contributed by atoms with Crippen LogP contribution in [0.2, 0.25) is 0 Å². The quantitative estimate of drug-likeness (QED) is 0.878. The number of hydrogen-bond acceptors (Lipinski definition) is 5. The lowest BCUT2D eigenvalue weighted by Gasteiger charge is -2.12. The number of aliphatic hydroxyl groups is 1. The molecule has 0 aliphatic carbocycles. The number of nitrogens with zero attached hydrogens (tertiary/aromatic N) is 2. The van der Waals surface area contributed by atoms with Gasteiger partial charge in [-0.15, -0.1) is 0 Å². The Balaban J connectivity index is 2.17. The molecule has 2 rings (SSSR count). The Kier molecular flexibility index (Phi) is 4.74. The summed E-state index contributed by atoms with van der Waals surface area (Å²) in [4.78, 5) is 4.38. The number of aromatic nitrogens is 2. The molecule has 2 aromatic rings. The zero-order valence-corrected chi connectivity index (χ0v) is 12.0. The van der Waals surface area contributed by atoms with Gasteiger partial charge in [-0.2, -0.15) is 4.98 Å². The first-order chi connectivity index (χ1) is 9.65. The van der Waals surface area contributed by atoms with Gasteiger partial charge in [0, 0.05) is 12.0 Å². The molecule has 108 valence electrons. The summed E-state index contributed by atoms with van der Waals surface area (Å²) in [6.07, 6.45) is 0.803. The number of rotatable bonds is 6. The first-order valence-electron chi connectivity index (χ1n) is 6.78. The van der Waals surface area contributed by atoms with Crippen LogP contribution in [0.15, 0.2) is 28.8 Å². The Labute approximate surface area is 118 Å². The largest absolute Gasteiger partial charge is 0.496 e. The molecule has 0 spiro atoms. The van der Waals surface area contributed by atoms with Gasteiger partial charge in [0.1, 0.15) is 5.75 Å². The highest BCUT2D eigenvalue weighted by Crippen LogP contribution is 2.24. The van der Waals surface area contributed by atoms with Gasteiger partial charge in [-0.3, -0.25) is 0 Å². The van der Waals surface area contributed by atoms with Crippen LogP contribution in [0.5, 0.6) is 5.75 Å². The summed E-state index contributed by atoms with van der Waals surface area (Å²) >= 11 is 0. The first-order valence-corrected chi connectivity index (χ1v) is 6.78. The van der Waals surface area contributed by atoms with Crippen molar-refractivity contribution in [3.8, 4) is 5.75 Å². The molecule has 1 heterocycles. The van der Waals surface area contributed by atoms with Crippen LogP contribution in [0, 0.1) is 0 Å². The highest BCUT2D eigenvalue weighted by Gasteiger charge is 2.22. The van der Waals surface area contributed by atoms with Gasteiger partial charge in [0.05, 0.1) is 19.1 Å². The maximum Gasteiger partial charge on any atom is 0.232 e. The van der Waals surface area contributed by atoms with Crippen LogP contribution in [-0.2, 0) is 6.42 Å². The maximum absolute atomic E-state index is 9.70. The van der Waals surface area contributed by atoms with Gasteiger partial charge in [0.2, 0.25) is 5.89 Å². The number of aliphatic hydroxyl groups excluding tert-OH is 1. The standard InChI is InChI=1S/C15H20N2O3/c1-4-12(10(2)18)15-16-14(17-20-15)9-11-7-5-6-8-13(11)19-3/h5-8,10,12,18H,4,9H2,1-3H3. The van der Waals surface area contributed by atoms with E-state index in [1.54, 1.807) is 14.0 Å². The van der Waals surface area contributed by atoms with Crippen molar-refractivity contribution in [3.05, 3.63) is 41.5 Å². The Morgan fingerprint density at radius 2 is 2.10 bits per heavy atom. The van der Waals surface area contributed by atoms with E-state index in [0.717, 1.165) is 17.7 Å². The SMILES string of the molecule is CCC(c1nc(Cc2ccccc2OC)no1)C(C)O. The monoisotopic (exact) mass is 276 g/mol. The van der Waals surface area contributed by atoms with Crippen LogP contribution in [-0.4, -0.2) is 28.5 Å². The second kappa shape index (κ2) is 6.52. The van der Waals surface area contributed by atoms with E-state index in [-0.39, 0.29) is 5.92 Å². The van der Waals surface area contributed by atoms with Gasteiger partial charge in [-0.05, 0) is 19.4 Å². The first kappa shape index (κ1) is 14.5. The van der Waals surface area contributed by atoms with Crippen LogP contribution in [0.3, 0.4) is 0 Å². The summed E-state index contributed by atoms with van der Waals surface area (Å²) in [5, 5.41) is 13.7. The van der Waals surface area contributed by atoms with E-state index < -0.39 is 6.10 Å². The van der Waals surface area contributed by atoms with E-state index in [1.165, 1.54) is 0 Å². The van der Waals surface area contributed by atoms with Gasteiger partial charge in [-0.1, -0.05) is 30.3 Å². The molecule has 0 saturated carbocycles. The zero-order valence-electron chi connectivity index (χ0n) is 12.0. The highest BCUT2D eigenvalue weighted by molar-refractivity contribution is 5.35. The minimum atomic E-state index is -0.500. The van der Waals surface area contributed by atoms with Crippen LogP contribution in [0.25, 0.3) is 0 Å². The predicted molar refractivity (Wildman–Crippen MR) is 74.8 cm³/mol. The summed E-state index contributed by atoms with van der Waals surface area (Å²) in [6, 6.07) is 7.75. The van der Waals surface area contributed by atoms with Crippen molar-refractivity contribution in [2.24, 2.45) is 0 Å². The third-order valence-electron chi connectivity index (χ3n) is 3.36. The van der Waals surface area contributed by atoms with Crippen LogP contribution in [0.1, 0.15) is 43.5 Å². The molecule has 2 atom stereocenters. The van der Waals surface area contributed by atoms with E-state index in [2.05, 4.69) is 10.1 Å². The van der Waals surface area contributed by atoms with Crippen molar-refractivity contribution in [3.63, 3.8) is 0 Å². The van der Waals surface area contributed by atoms with Crippen LogP contribution >= 0.6 is 0 Å². The lowest BCUT2D eigenvalue weighted by Crippen LogP contribution is -2.14. The summed E-state index contributed by atoms with van der Waals surface area (Å²) < 4.78 is 10.6. The highest BCUT2D eigenvalue weighted by atomic mass is 16.5. The average molecular weight is 276 g/mol. The fraction of sp³-hybridized carbons (Fsp3) is 0.467. The van der Waals surface area contributed by atoms with Crippen LogP contribution in [0.4, 0.5) is 0 Å².